The lowest BCUT2D eigenvalue weighted by Crippen LogP contribution is -2.37. The highest BCUT2D eigenvalue weighted by molar-refractivity contribution is 5.89. The van der Waals surface area contributed by atoms with E-state index in [1.54, 1.807) is 25.1 Å². The molecule has 1 aliphatic rings. The van der Waals surface area contributed by atoms with E-state index in [-0.39, 0.29) is 23.5 Å². The first kappa shape index (κ1) is 26.7. The number of rotatable bonds is 10. The van der Waals surface area contributed by atoms with Gasteiger partial charge in [-0.2, -0.15) is 0 Å². The summed E-state index contributed by atoms with van der Waals surface area (Å²) < 4.78 is 33.5. The van der Waals surface area contributed by atoms with Crippen molar-refractivity contribution in [3.8, 4) is 0 Å². The third-order valence-electron chi connectivity index (χ3n) is 5.83. The molecule has 0 bridgehead atoms. The minimum Gasteiger partial charge on any atom is -0.495 e. The van der Waals surface area contributed by atoms with Crippen LogP contribution in [-0.4, -0.2) is 36.6 Å². The van der Waals surface area contributed by atoms with Crippen LogP contribution < -0.4 is 11.1 Å². The molecule has 3 atom stereocenters. The lowest BCUT2D eigenvalue weighted by atomic mass is 9.84. The van der Waals surface area contributed by atoms with Gasteiger partial charge in [0.1, 0.15) is 23.2 Å². The molecule has 182 valence electrons. The molecule has 4 N–H and O–H groups in total. The molecule has 0 aliphatic heterocycles. The third kappa shape index (κ3) is 6.97. The maximum absolute atomic E-state index is 14.9. The first-order valence-electron chi connectivity index (χ1n) is 11.1. The van der Waals surface area contributed by atoms with E-state index < -0.39 is 17.4 Å². The molecule has 8 heteroatoms. The third-order valence-corrected chi connectivity index (χ3v) is 5.83. The molecule has 1 amide bonds. The largest absolute Gasteiger partial charge is 0.495 e. The average Bonchev–Trinajstić information content (AvgIpc) is 2.82. The Kier molecular flexibility index (Phi) is 9.47. The number of hydrogen-bond donors (Lipinski definition) is 3. The predicted octanol–water partition coefficient (Wildman–Crippen LogP) is 4.86. The smallest absolute Gasteiger partial charge is 0.244 e. The van der Waals surface area contributed by atoms with Crippen molar-refractivity contribution < 1.29 is 18.3 Å². The van der Waals surface area contributed by atoms with E-state index >= 15 is 0 Å². The van der Waals surface area contributed by atoms with Crippen molar-refractivity contribution in [1.29, 1.82) is 5.41 Å². The molecular weight excluding hydrogens is 438 g/mol. The molecule has 0 fully saturated rings. The Labute approximate surface area is 199 Å². The number of amidine groups is 1. The molecule has 6 nitrogen and oxygen atoms in total. The zero-order valence-electron chi connectivity index (χ0n) is 19.9. The van der Waals surface area contributed by atoms with Gasteiger partial charge in [-0.05, 0) is 49.6 Å². The van der Waals surface area contributed by atoms with Crippen molar-refractivity contribution in [2.75, 3.05) is 7.11 Å². The Hall–Kier alpha value is -3.55. The van der Waals surface area contributed by atoms with Gasteiger partial charge >= 0.3 is 0 Å². The summed E-state index contributed by atoms with van der Waals surface area (Å²) in [7, 11) is 1.43. The van der Waals surface area contributed by atoms with Gasteiger partial charge in [0.2, 0.25) is 5.91 Å². The standard InChI is InChI=1S/C26H32F2N4O2/c1-5-26(3,32-25(30)17(2)18-8-6-9-19(27)14-18)22-15-20(12-13-23(22)28)31-24(33)11-7-10-21(16-29)34-4/h6-11,13-17,20,29H,5,12H2,1-4H3,(H2,30,32)(H,31,33)/b11-7+,21-10+,29-16?/t17-,20?,26+/m1/s1. The Balaban J connectivity index is 2.25. The molecular formula is C26H32F2N4O2. The van der Waals surface area contributed by atoms with Crippen molar-refractivity contribution in [2.45, 2.75) is 51.1 Å². The van der Waals surface area contributed by atoms with Gasteiger partial charge in [-0.25, -0.2) is 8.78 Å². The SMILES string of the molecule is CC[C@](C)(N=C(N)[C@H](C)c1cccc(F)c1)C1=CC(NC(=O)/C=C/C=C(\C=N)OC)CC=C1F. The molecule has 1 aromatic carbocycles. The molecule has 1 aliphatic carbocycles. The van der Waals surface area contributed by atoms with Crippen molar-refractivity contribution in [1.82, 2.24) is 5.32 Å². The molecule has 1 unspecified atom stereocenters. The average molecular weight is 471 g/mol. The number of ether oxygens (including phenoxy) is 1. The first-order chi connectivity index (χ1) is 16.1. The summed E-state index contributed by atoms with van der Waals surface area (Å²) in [5.74, 6) is -0.920. The van der Waals surface area contributed by atoms with Crippen LogP contribution >= 0.6 is 0 Å². The fourth-order valence-electron chi connectivity index (χ4n) is 3.52. The van der Waals surface area contributed by atoms with E-state index in [1.807, 2.05) is 13.8 Å². The maximum Gasteiger partial charge on any atom is 0.244 e. The van der Waals surface area contributed by atoms with Crippen molar-refractivity contribution in [3.05, 3.63) is 83.2 Å². The molecule has 0 aromatic heterocycles. The summed E-state index contributed by atoms with van der Waals surface area (Å²) in [4.78, 5) is 16.9. The van der Waals surface area contributed by atoms with Gasteiger partial charge in [0.25, 0.3) is 0 Å². The first-order valence-corrected chi connectivity index (χ1v) is 11.1. The molecule has 1 aromatic rings. The predicted molar refractivity (Wildman–Crippen MR) is 132 cm³/mol. The lowest BCUT2D eigenvalue weighted by molar-refractivity contribution is -0.116. The van der Waals surface area contributed by atoms with Crippen LogP contribution in [-0.2, 0) is 9.53 Å². The van der Waals surface area contributed by atoms with Gasteiger partial charge in [0.15, 0.2) is 0 Å². The van der Waals surface area contributed by atoms with Gasteiger partial charge in [-0.15, -0.1) is 0 Å². The van der Waals surface area contributed by atoms with Crippen LogP contribution in [0.25, 0.3) is 0 Å². The quantitative estimate of drug-likeness (QED) is 0.150. The second-order valence-corrected chi connectivity index (χ2v) is 8.20. The topological polar surface area (TPSA) is 101 Å². The van der Waals surface area contributed by atoms with Crippen LogP contribution in [0.4, 0.5) is 8.78 Å². The number of carbonyl (C=O) groups excluding carboxylic acids is 1. The summed E-state index contributed by atoms with van der Waals surface area (Å²) in [6.45, 7) is 5.49. The van der Waals surface area contributed by atoms with Gasteiger partial charge in [-0.3, -0.25) is 9.79 Å². The fraction of sp³-hybridized carbons (Fsp3) is 0.346. The van der Waals surface area contributed by atoms with Crippen LogP contribution in [0, 0.1) is 11.2 Å². The van der Waals surface area contributed by atoms with Crippen molar-refractivity contribution in [3.63, 3.8) is 0 Å². The number of halogens is 2. The van der Waals surface area contributed by atoms with E-state index in [0.29, 0.717) is 29.7 Å². The molecule has 2 rings (SSSR count). The molecule has 0 radical (unpaired) electrons. The number of carbonyl (C=O) groups is 1. The highest BCUT2D eigenvalue weighted by Crippen LogP contribution is 2.35. The van der Waals surface area contributed by atoms with E-state index in [9.17, 15) is 13.6 Å². The molecule has 0 heterocycles. The summed E-state index contributed by atoms with van der Waals surface area (Å²) >= 11 is 0. The monoisotopic (exact) mass is 470 g/mol. The molecule has 0 saturated heterocycles. The number of allylic oxidation sites excluding steroid dienone is 3. The number of amides is 1. The van der Waals surface area contributed by atoms with Crippen LogP contribution in [0.5, 0.6) is 0 Å². The summed E-state index contributed by atoms with van der Waals surface area (Å²) in [5.41, 5.74) is 6.33. The van der Waals surface area contributed by atoms with Gasteiger partial charge in [0, 0.05) is 17.6 Å². The fourth-order valence-corrected chi connectivity index (χ4v) is 3.52. The Morgan fingerprint density at radius 2 is 2.18 bits per heavy atom. The zero-order valence-corrected chi connectivity index (χ0v) is 19.9. The summed E-state index contributed by atoms with van der Waals surface area (Å²) in [5, 5.41) is 9.98. The van der Waals surface area contributed by atoms with E-state index in [2.05, 4.69) is 10.3 Å². The second-order valence-electron chi connectivity index (χ2n) is 8.20. The normalized spacial score (nSPS) is 19.6. The van der Waals surface area contributed by atoms with Crippen LogP contribution in [0.3, 0.4) is 0 Å². The van der Waals surface area contributed by atoms with E-state index in [4.69, 9.17) is 15.9 Å². The zero-order chi connectivity index (χ0) is 25.3. The molecule has 0 spiro atoms. The minimum absolute atomic E-state index is 0.268. The number of nitrogens with two attached hydrogens (primary N) is 1. The highest BCUT2D eigenvalue weighted by atomic mass is 19.1. The summed E-state index contributed by atoms with van der Waals surface area (Å²) in [6.07, 6.45) is 9.15. The van der Waals surface area contributed by atoms with Gasteiger partial charge in [-0.1, -0.05) is 38.1 Å². The number of hydrogen-bond acceptors (Lipinski definition) is 4. The molecule has 0 saturated carbocycles. The Morgan fingerprint density at radius 1 is 1.44 bits per heavy atom. The Morgan fingerprint density at radius 3 is 2.79 bits per heavy atom. The second kappa shape index (κ2) is 12.1. The van der Waals surface area contributed by atoms with Crippen molar-refractivity contribution in [2.24, 2.45) is 10.7 Å². The highest BCUT2D eigenvalue weighted by Gasteiger charge is 2.33. The number of benzene rings is 1. The number of nitrogens with one attached hydrogen (secondary N) is 2. The van der Waals surface area contributed by atoms with Crippen molar-refractivity contribution >= 4 is 18.0 Å². The van der Waals surface area contributed by atoms with Crippen LogP contribution in [0.2, 0.25) is 0 Å². The Bertz CT molecular complexity index is 1060. The van der Waals surface area contributed by atoms with Gasteiger partial charge < -0.3 is 21.2 Å². The lowest BCUT2D eigenvalue weighted by Gasteiger charge is -2.31. The summed E-state index contributed by atoms with van der Waals surface area (Å²) in [6, 6.07) is 5.71. The minimum atomic E-state index is -0.967. The van der Waals surface area contributed by atoms with E-state index in [0.717, 1.165) is 6.21 Å². The van der Waals surface area contributed by atoms with Crippen LogP contribution in [0.15, 0.2) is 76.8 Å². The van der Waals surface area contributed by atoms with Gasteiger partial charge in [0.05, 0.1) is 24.9 Å². The molecule has 34 heavy (non-hydrogen) atoms. The number of aliphatic imine (C=N–C) groups is 1. The number of methoxy groups -OCH3 is 1. The maximum atomic E-state index is 14.9. The van der Waals surface area contributed by atoms with E-state index in [1.165, 1.54) is 43.5 Å². The number of nitrogens with zero attached hydrogens (tertiary/aromatic N) is 1. The van der Waals surface area contributed by atoms with Crippen LogP contribution in [0.1, 0.15) is 45.1 Å².